The van der Waals surface area contributed by atoms with E-state index < -0.39 is 11.9 Å². The van der Waals surface area contributed by atoms with Crippen molar-refractivity contribution in [3.8, 4) is 0 Å². The summed E-state index contributed by atoms with van der Waals surface area (Å²) in [6, 6.07) is 8.69. The van der Waals surface area contributed by atoms with Gasteiger partial charge >= 0.3 is 5.97 Å². The van der Waals surface area contributed by atoms with Crippen LogP contribution in [0.2, 0.25) is 0 Å². The molecule has 0 saturated heterocycles. The summed E-state index contributed by atoms with van der Waals surface area (Å²) in [5, 5.41) is 18.5. The first-order chi connectivity index (χ1) is 9.99. The number of rotatable bonds is 9. The Morgan fingerprint density at radius 2 is 1.86 bits per heavy atom. The number of ketones is 1. The molecular weight excluding hydrogens is 270 g/mol. The molecule has 1 rings (SSSR count). The second kappa shape index (κ2) is 8.54. The lowest BCUT2D eigenvalue weighted by molar-refractivity contribution is -0.142. The summed E-state index contributed by atoms with van der Waals surface area (Å²) >= 11 is 0. The van der Waals surface area contributed by atoms with Gasteiger partial charge in [0.25, 0.3) is 0 Å². The third-order valence-electron chi connectivity index (χ3n) is 3.57. The molecular formula is C16H23NO4. The maximum Gasteiger partial charge on any atom is 0.307 e. The average molecular weight is 293 g/mol. The highest BCUT2D eigenvalue weighted by Gasteiger charge is 2.24. The van der Waals surface area contributed by atoms with Crippen molar-refractivity contribution < 1.29 is 19.8 Å². The van der Waals surface area contributed by atoms with Gasteiger partial charge in [-0.3, -0.25) is 14.5 Å². The average Bonchev–Trinajstić information content (AvgIpc) is 2.49. The van der Waals surface area contributed by atoms with E-state index in [9.17, 15) is 14.7 Å². The molecule has 2 unspecified atom stereocenters. The summed E-state index contributed by atoms with van der Waals surface area (Å²) in [6.45, 7) is 3.78. The molecule has 0 aliphatic heterocycles. The normalized spacial score (nSPS) is 13.9. The number of carbonyl (C=O) groups is 2. The van der Waals surface area contributed by atoms with Gasteiger partial charge in [-0.05, 0) is 6.42 Å². The highest BCUT2D eigenvalue weighted by atomic mass is 16.4. The van der Waals surface area contributed by atoms with Crippen LogP contribution in [-0.4, -0.2) is 52.6 Å². The molecule has 5 heteroatoms. The molecule has 0 bridgehead atoms. The van der Waals surface area contributed by atoms with E-state index in [1.807, 2.05) is 13.0 Å². The van der Waals surface area contributed by atoms with Crippen molar-refractivity contribution in [2.45, 2.75) is 26.3 Å². The summed E-state index contributed by atoms with van der Waals surface area (Å²) in [6.07, 6.45) is 0.658. The van der Waals surface area contributed by atoms with E-state index in [0.717, 1.165) is 0 Å². The second-order valence-corrected chi connectivity index (χ2v) is 5.20. The van der Waals surface area contributed by atoms with Crippen LogP contribution in [0.3, 0.4) is 0 Å². The lowest BCUT2D eigenvalue weighted by Gasteiger charge is -2.30. The van der Waals surface area contributed by atoms with Crippen LogP contribution in [0.4, 0.5) is 0 Å². The topological polar surface area (TPSA) is 77.8 Å². The van der Waals surface area contributed by atoms with Crippen LogP contribution >= 0.6 is 0 Å². The number of aliphatic carboxylic acids is 1. The maximum atomic E-state index is 12.3. The van der Waals surface area contributed by atoms with E-state index in [1.165, 1.54) is 0 Å². The Labute approximate surface area is 125 Å². The van der Waals surface area contributed by atoms with Gasteiger partial charge in [0.15, 0.2) is 5.78 Å². The fraction of sp³-hybridized carbons (Fsp3) is 0.500. The Balaban J connectivity index is 2.81. The Kier molecular flexibility index (Phi) is 7.05. The maximum absolute atomic E-state index is 12.3. The van der Waals surface area contributed by atoms with Gasteiger partial charge < -0.3 is 10.2 Å². The number of benzene rings is 1. The number of aliphatic hydroxyl groups excluding tert-OH is 1. The van der Waals surface area contributed by atoms with Crippen LogP contribution in [0.15, 0.2) is 30.3 Å². The minimum Gasteiger partial charge on any atom is -0.481 e. The van der Waals surface area contributed by atoms with Crippen LogP contribution in [0.25, 0.3) is 0 Å². The van der Waals surface area contributed by atoms with Crippen LogP contribution in [0, 0.1) is 5.92 Å². The van der Waals surface area contributed by atoms with Crippen molar-refractivity contribution in [2.24, 2.45) is 5.92 Å². The number of hydrogen-bond acceptors (Lipinski definition) is 4. The molecule has 0 fully saturated rings. The molecule has 0 saturated carbocycles. The van der Waals surface area contributed by atoms with Crippen molar-refractivity contribution in [3.63, 3.8) is 0 Å². The fourth-order valence-corrected chi connectivity index (χ4v) is 2.18. The fourth-order valence-electron chi connectivity index (χ4n) is 2.18. The highest BCUT2D eigenvalue weighted by molar-refractivity contribution is 5.97. The Hall–Kier alpha value is -1.72. The summed E-state index contributed by atoms with van der Waals surface area (Å²) in [7, 11) is 0. The third kappa shape index (κ3) is 5.28. The van der Waals surface area contributed by atoms with Crippen LogP contribution in [0.1, 0.15) is 30.6 Å². The molecule has 2 atom stereocenters. The predicted molar refractivity (Wildman–Crippen MR) is 80.3 cm³/mol. The minimum absolute atomic E-state index is 0.0694. The molecule has 0 heterocycles. The minimum atomic E-state index is -0.903. The molecule has 21 heavy (non-hydrogen) atoms. The van der Waals surface area contributed by atoms with E-state index in [0.29, 0.717) is 12.0 Å². The molecule has 0 spiro atoms. The number of aliphatic hydroxyl groups is 1. The van der Waals surface area contributed by atoms with E-state index in [2.05, 4.69) is 0 Å². The van der Waals surface area contributed by atoms with Gasteiger partial charge in [-0.25, -0.2) is 0 Å². The lowest BCUT2D eigenvalue weighted by atomic mass is 10.1. The Bertz CT molecular complexity index is 457. The first-order valence-corrected chi connectivity index (χ1v) is 7.15. The molecule has 5 nitrogen and oxygen atoms in total. The van der Waals surface area contributed by atoms with E-state index in [4.69, 9.17) is 5.11 Å². The van der Waals surface area contributed by atoms with Crippen molar-refractivity contribution in [1.29, 1.82) is 0 Å². The van der Waals surface area contributed by atoms with Gasteiger partial charge in [0, 0.05) is 18.2 Å². The highest BCUT2D eigenvalue weighted by Crippen LogP contribution is 2.11. The summed E-state index contributed by atoms with van der Waals surface area (Å²) in [5.74, 6) is -1.56. The third-order valence-corrected chi connectivity index (χ3v) is 3.57. The zero-order chi connectivity index (χ0) is 15.8. The number of nitrogens with zero attached hydrogens (tertiary/aromatic N) is 1. The number of hydrogen-bond donors (Lipinski definition) is 2. The first kappa shape index (κ1) is 17.3. The molecule has 116 valence electrons. The second-order valence-electron chi connectivity index (χ2n) is 5.20. The van der Waals surface area contributed by atoms with E-state index >= 15 is 0 Å². The zero-order valence-electron chi connectivity index (χ0n) is 12.5. The molecule has 0 aliphatic rings. The Morgan fingerprint density at radius 3 is 2.33 bits per heavy atom. The molecule has 2 N–H and O–H groups in total. The van der Waals surface area contributed by atoms with Gasteiger partial charge in [-0.15, -0.1) is 0 Å². The van der Waals surface area contributed by atoms with Crippen LogP contribution < -0.4 is 0 Å². The van der Waals surface area contributed by atoms with E-state index in [-0.39, 0.29) is 31.5 Å². The monoisotopic (exact) mass is 293 g/mol. The molecule has 0 amide bonds. The number of carboxylic acid groups (broad SMARTS) is 1. The zero-order valence-corrected chi connectivity index (χ0v) is 12.5. The van der Waals surface area contributed by atoms with Gasteiger partial charge in [0.1, 0.15) is 0 Å². The number of Topliss-reactive ketones (excluding diaryl/α,β-unsaturated/α-hetero) is 1. The van der Waals surface area contributed by atoms with Crippen LogP contribution in [0.5, 0.6) is 0 Å². The smallest absolute Gasteiger partial charge is 0.307 e. The largest absolute Gasteiger partial charge is 0.481 e. The molecule has 1 aromatic rings. The molecule has 0 radical (unpaired) electrons. The standard InChI is InChI=1S/C16H23NO4/c1-3-14(11-18)17(9-12(2)16(20)21)10-15(19)13-7-5-4-6-8-13/h4-8,12,14,18H,3,9-11H2,1-2H3,(H,20,21). The molecule has 1 aromatic carbocycles. The summed E-state index contributed by atoms with van der Waals surface area (Å²) < 4.78 is 0. The van der Waals surface area contributed by atoms with Gasteiger partial charge in [-0.2, -0.15) is 0 Å². The van der Waals surface area contributed by atoms with Gasteiger partial charge in [-0.1, -0.05) is 44.2 Å². The van der Waals surface area contributed by atoms with Crippen molar-refractivity contribution in [1.82, 2.24) is 4.90 Å². The van der Waals surface area contributed by atoms with Crippen molar-refractivity contribution in [3.05, 3.63) is 35.9 Å². The van der Waals surface area contributed by atoms with Crippen molar-refractivity contribution in [2.75, 3.05) is 19.7 Å². The van der Waals surface area contributed by atoms with Gasteiger partial charge in [0.2, 0.25) is 0 Å². The molecule has 0 aromatic heterocycles. The first-order valence-electron chi connectivity index (χ1n) is 7.15. The lowest BCUT2D eigenvalue weighted by Crippen LogP contribution is -2.44. The SMILES string of the molecule is CCC(CO)N(CC(=O)c1ccccc1)CC(C)C(=O)O. The van der Waals surface area contributed by atoms with Crippen LogP contribution in [-0.2, 0) is 4.79 Å². The molecule has 0 aliphatic carbocycles. The predicted octanol–water partition coefficient (Wildman–Crippen LogP) is 1.66. The summed E-state index contributed by atoms with van der Waals surface area (Å²) in [5.41, 5.74) is 0.596. The quantitative estimate of drug-likeness (QED) is 0.677. The number of carbonyl (C=O) groups excluding carboxylic acids is 1. The summed E-state index contributed by atoms with van der Waals surface area (Å²) in [4.78, 5) is 25.0. The van der Waals surface area contributed by atoms with Gasteiger partial charge in [0.05, 0.1) is 19.1 Å². The van der Waals surface area contributed by atoms with E-state index in [1.54, 1.807) is 36.1 Å². The number of carboxylic acids is 1. The van der Waals surface area contributed by atoms with Crippen molar-refractivity contribution >= 4 is 11.8 Å². The Morgan fingerprint density at radius 1 is 1.24 bits per heavy atom.